The van der Waals surface area contributed by atoms with Crippen LogP contribution < -0.4 is 5.32 Å². The second kappa shape index (κ2) is 7.21. The number of rotatable bonds is 4. The summed E-state index contributed by atoms with van der Waals surface area (Å²) in [5.41, 5.74) is 0. The van der Waals surface area contributed by atoms with Gasteiger partial charge in [-0.05, 0) is 30.7 Å². The fraction of sp³-hybridized carbons (Fsp3) is 0.500. The molecule has 1 atom stereocenters. The van der Waals surface area contributed by atoms with E-state index in [4.69, 9.17) is 4.74 Å². The molecule has 0 bridgehead atoms. The zero-order valence-electron chi connectivity index (χ0n) is 11.8. The molecule has 1 N–H and O–H groups in total. The van der Waals surface area contributed by atoms with Gasteiger partial charge in [-0.15, -0.1) is 11.3 Å². The molecule has 0 aromatic carbocycles. The lowest BCUT2D eigenvalue weighted by Crippen LogP contribution is -2.51. The summed E-state index contributed by atoms with van der Waals surface area (Å²) >= 11 is 1.32. The average Bonchev–Trinajstić information content (AvgIpc) is 3.06. The van der Waals surface area contributed by atoms with Crippen LogP contribution >= 0.6 is 11.3 Å². The Bertz CT molecular complexity index is 515. The van der Waals surface area contributed by atoms with Crippen molar-refractivity contribution in [1.29, 1.82) is 0 Å². The van der Waals surface area contributed by atoms with Gasteiger partial charge in [-0.25, -0.2) is 4.79 Å². The summed E-state index contributed by atoms with van der Waals surface area (Å²) < 4.78 is 4.74. The van der Waals surface area contributed by atoms with Crippen LogP contribution in [0.5, 0.6) is 0 Å². The van der Waals surface area contributed by atoms with Crippen LogP contribution in [0.2, 0.25) is 0 Å². The Balaban J connectivity index is 1.92. The highest BCUT2D eigenvalue weighted by molar-refractivity contribution is 7.12. The molecule has 1 fully saturated rings. The molecular weight excluding hydrogens is 292 g/mol. The van der Waals surface area contributed by atoms with Crippen LogP contribution in [0.25, 0.3) is 0 Å². The first-order chi connectivity index (χ1) is 10.1. The predicted molar refractivity (Wildman–Crippen MR) is 78.0 cm³/mol. The molecule has 0 spiro atoms. The third-order valence-electron chi connectivity index (χ3n) is 3.44. The largest absolute Gasteiger partial charge is 0.467 e. The zero-order valence-corrected chi connectivity index (χ0v) is 12.6. The quantitative estimate of drug-likeness (QED) is 0.843. The van der Waals surface area contributed by atoms with Gasteiger partial charge in [-0.2, -0.15) is 0 Å². The molecular formula is C14H18N2O4S. The molecule has 114 valence electrons. The Morgan fingerprint density at radius 1 is 1.43 bits per heavy atom. The van der Waals surface area contributed by atoms with Crippen molar-refractivity contribution in [2.24, 2.45) is 0 Å². The molecule has 2 heterocycles. The van der Waals surface area contributed by atoms with Crippen LogP contribution in [0.1, 0.15) is 28.9 Å². The molecule has 1 saturated heterocycles. The third-order valence-corrected chi connectivity index (χ3v) is 4.31. The summed E-state index contributed by atoms with van der Waals surface area (Å²) in [6.45, 7) is 0.414. The fourth-order valence-electron chi connectivity index (χ4n) is 2.36. The predicted octanol–water partition coefficient (Wildman–Crippen LogP) is 1.03. The van der Waals surface area contributed by atoms with Gasteiger partial charge < -0.3 is 15.0 Å². The van der Waals surface area contributed by atoms with Gasteiger partial charge in [0.1, 0.15) is 6.04 Å². The SMILES string of the molecule is COC(=O)[C@H]1CCCCN1C(=O)CNC(=O)c1cccs1. The Labute approximate surface area is 127 Å². The van der Waals surface area contributed by atoms with Crippen LogP contribution in [0.3, 0.4) is 0 Å². The lowest BCUT2D eigenvalue weighted by molar-refractivity contribution is -0.154. The van der Waals surface area contributed by atoms with E-state index in [9.17, 15) is 14.4 Å². The molecule has 0 aliphatic carbocycles. The number of methoxy groups -OCH3 is 1. The van der Waals surface area contributed by atoms with E-state index in [0.717, 1.165) is 12.8 Å². The minimum atomic E-state index is -0.533. The molecule has 0 radical (unpaired) electrons. The highest BCUT2D eigenvalue weighted by Gasteiger charge is 2.32. The van der Waals surface area contributed by atoms with Gasteiger partial charge in [-0.1, -0.05) is 6.07 Å². The molecule has 21 heavy (non-hydrogen) atoms. The second-order valence-electron chi connectivity index (χ2n) is 4.78. The molecule has 1 aliphatic rings. The molecule has 1 aromatic rings. The minimum Gasteiger partial charge on any atom is -0.467 e. The second-order valence-corrected chi connectivity index (χ2v) is 5.73. The van der Waals surface area contributed by atoms with Gasteiger partial charge in [0.2, 0.25) is 5.91 Å². The van der Waals surface area contributed by atoms with E-state index in [1.165, 1.54) is 23.3 Å². The van der Waals surface area contributed by atoms with Crippen LogP contribution in [0, 0.1) is 0 Å². The monoisotopic (exact) mass is 310 g/mol. The van der Waals surface area contributed by atoms with Crippen molar-refractivity contribution in [2.75, 3.05) is 20.2 Å². The standard InChI is InChI=1S/C14H18N2O4S/c1-20-14(19)10-5-2-3-7-16(10)12(17)9-15-13(18)11-6-4-8-21-11/h4,6,8,10H,2-3,5,7,9H2,1H3,(H,15,18)/t10-/m1/s1. The number of amides is 2. The van der Waals surface area contributed by atoms with Gasteiger partial charge in [-0.3, -0.25) is 9.59 Å². The summed E-state index contributed by atoms with van der Waals surface area (Å²) in [5.74, 6) is -0.924. The summed E-state index contributed by atoms with van der Waals surface area (Å²) in [7, 11) is 1.32. The van der Waals surface area contributed by atoms with Gasteiger partial charge in [0, 0.05) is 6.54 Å². The smallest absolute Gasteiger partial charge is 0.328 e. The first-order valence-corrected chi connectivity index (χ1v) is 7.70. The maximum absolute atomic E-state index is 12.2. The maximum Gasteiger partial charge on any atom is 0.328 e. The minimum absolute atomic E-state index is 0.107. The Hall–Kier alpha value is -1.89. The van der Waals surface area contributed by atoms with Crippen molar-refractivity contribution in [3.8, 4) is 0 Å². The van der Waals surface area contributed by atoms with Gasteiger partial charge in [0.15, 0.2) is 0 Å². The van der Waals surface area contributed by atoms with Crippen molar-refractivity contribution in [3.63, 3.8) is 0 Å². The van der Waals surface area contributed by atoms with Crippen LogP contribution in [-0.2, 0) is 14.3 Å². The molecule has 0 saturated carbocycles. The topological polar surface area (TPSA) is 75.7 Å². The van der Waals surface area contributed by atoms with E-state index in [1.807, 2.05) is 0 Å². The van der Waals surface area contributed by atoms with Gasteiger partial charge >= 0.3 is 5.97 Å². The number of nitrogens with one attached hydrogen (secondary N) is 1. The Morgan fingerprint density at radius 2 is 2.24 bits per heavy atom. The molecule has 1 aromatic heterocycles. The highest BCUT2D eigenvalue weighted by Crippen LogP contribution is 2.18. The van der Waals surface area contributed by atoms with E-state index in [-0.39, 0.29) is 18.4 Å². The molecule has 1 aliphatic heterocycles. The van der Waals surface area contributed by atoms with Gasteiger partial charge in [0.05, 0.1) is 18.5 Å². The van der Waals surface area contributed by atoms with Crippen molar-refractivity contribution >= 4 is 29.1 Å². The molecule has 0 unspecified atom stereocenters. The zero-order chi connectivity index (χ0) is 15.2. The lowest BCUT2D eigenvalue weighted by atomic mass is 10.0. The molecule has 7 heteroatoms. The molecule has 2 rings (SSSR count). The van der Waals surface area contributed by atoms with Crippen molar-refractivity contribution < 1.29 is 19.1 Å². The van der Waals surface area contributed by atoms with E-state index in [2.05, 4.69) is 5.32 Å². The van der Waals surface area contributed by atoms with Crippen LogP contribution in [0.4, 0.5) is 0 Å². The number of esters is 1. The molecule has 6 nitrogen and oxygen atoms in total. The number of carbonyl (C=O) groups is 3. The van der Waals surface area contributed by atoms with E-state index in [0.29, 0.717) is 17.8 Å². The summed E-state index contributed by atoms with van der Waals surface area (Å²) in [5, 5.41) is 4.39. The number of likely N-dealkylation sites (tertiary alicyclic amines) is 1. The van der Waals surface area contributed by atoms with Gasteiger partial charge in [0.25, 0.3) is 5.91 Å². The first kappa shape index (κ1) is 15.5. The number of piperidine rings is 1. The Morgan fingerprint density at radius 3 is 2.90 bits per heavy atom. The number of ether oxygens (including phenoxy) is 1. The highest BCUT2D eigenvalue weighted by atomic mass is 32.1. The van der Waals surface area contributed by atoms with E-state index in [1.54, 1.807) is 17.5 Å². The summed E-state index contributed by atoms with van der Waals surface area (Å²) in [4.78, 5) is 37.8. The number of carbonyl (C=O) groups excluding carboxylic acids is 3. The van der Waals surface area contributed by atoms with Crippen molar-refractivity contribution in [1.82, 2.24) is 10.2 Å². The van der Waals surface area contributed by atoms with Crippen LogP contribution in [0.15, 0.2) is 17.5 Å². The normalized spacial score (nSPS) is 18.1. The van der Waals surface area contributed by atoms with Crippen molar-refractivity contribution in [2.45, 2.75) is 25.3 Å². The Kier molecular flexibility index (Phi) is 5.32. The summed E-state index contributed by atoms with van der Waals surface area (Å²) in [6.07, 6.45) is 2.36. The van der Waals surface area contributed by atoms with E-state index >= 15 is 0 Å². The molecule has 2 amide bonds. The van der Waals surface area contributed by atoms with Crippen molar-refractivity contribution in [3.05, 3.63) is 22.4 Å². The maximum atomic E-state index is 12.2. The average molecular weight is 310 g/mol. The fourth-order valence-corrected chi connectivity index (χ4v) is 3.00. The number of thiophene rings is 1. The third kappa shape index (κ3) is 3.81. The number of nitrogens with zero attached hydrogens (tertiary/aromatic N) is 1. The summed E-state index contributed by atoms with van der Waals surface area (Å²) in [6, 6.07) is 2.94. The number of hydrogen-bond acceptors (Lipinski definition) is 5. The lowest BCUT2D eigenvalue weighted by Gasteiger charge is -2.33. The first-order valence-electron chi connectivity index (χ1n) is 6.82. The number of hydrogen-bond donors (Lipinski definition) is 1. The van der Waals surface area contributed by atoms with E-state index < -0.39 is 12.0 Å². The van der Waals surface area contributed by atoms with Crippen LogP contribution in [-0.4, -0.2) is 48.9 Å².